The van der Waals surface area contributed by atoms with Gasteiger partial charge < -0.3 is 14.8 Å². The molecule has 0 spiro atoms. The summed E-state index contributed by atoms with van der Waals surface area (Å²) < 4.78 is 43.8. The van der Waals surface area contributed by atoms with Crippen molar-refractivity contribution in [3.05, 3.63) is 105 Å². The zero-order valence-corrected chi connectivity index (χ0v) is 25.3. The van der Waals surface area contributed by atoms with Crippen molar-refractivity contribution in [2.75, 3.05) is 0 Å². The molecule has 0 bridgehead atoms. The number of aryl methyl sites for hydroxylation is 2. The van der Waals surface area contributed by atoms with Crippen LogP contribution in [0.1, 0.15) is 59.2 Å². The number of aromatic nitrogens is 3. The lowest BCUT2D eigenvalue weighted by Crippen LogP contribution is -2.14. The van der Waals surface area contributed by atoms with Gasteiger partial charge in [0, 0.05) is 28.5 Å². The standard InChI is InChI=1S/C33H30F2N4O3S2/c34-26-10-9-23(16-24(26)22-8-7-20-2-1-3-21(20)15-22)31-25(12-19-6-11-30(44(36)42)27(35)13-19)29(14-18-4-5-18)39(38-31)33-37-28(17-43-33)32(40)41/h6-11,13,15-18,32,40-41H,1-5,12,14,36H2. The molecule has 0 aliphatic heterocycles. The SMILES string of the molecule is N[S+]([O-])c1ccc(Cc2c(-c3ccc(F)c(-c4ccc5c(c4)CCC5)c3)nn(-c3nc(C(O)O)cs3)c2CC2CC2)cc1F. The average Bonchev–Trinajstić information content (AvgIpc) is 3.35. The second kappa shape index (κ2) is 11.8. The molecule has 0 saturated heterocycles. The summed E-state index contributed by atoms with van der Waals surface area (Å²) in [5.74, 6) is -0.531. The van der Waals surface area contributed by atoms with Crippen molar-refractivity contribution in [1.29, 1.82) is 0 Å². The molecule has 1 atom stereocenters. The third kappa shape index (κ3) is 5.71. The second-order valence-corrected chi connectivity index (χ2v) is 13.4. The molecule has 3 aromatic carbocycles. The minimum absolute atomic E-state index is 0.0710. The molecule has 0 radical (unpaired) electrons. The van der Waals surface area contributed by atoms with Crippen molar-refractivity contribution in [2.45, 2.75) is 56.1 Å². The maximum Gasteiger partial charge on any atom is 0.210 e. The Morgan fingerprint density at radius 3 is 2.52 bits per heavy atom. The number of benzene rings is 3. The van der Waals surface area contributed by atoms with E-state index in [4.69, 9.17) is 10.2 Å². The smallest absolute Gasteiger partial charge is 0.210 e. The Kier molecular flexibility index (Phi) is 7.86. The largest absolute Gasteiger partial charge is 0.593 e. The van der Waals surface area contributed by atoms with Crippen molar-refractivity contribution >= 4 is 22.7 Å². The molecule has 11 heteroatoms. The Hall–Kier alpha value is -3.45. The third-order valence-corrected chi connectivity index (χ3v) is 10.1. The number of fused-ring (bicyclic) bond motifs is 1. The van der Waals surface area contributed by atoms with Crippen LogP contribution in [0, 0.1) is 17.6 Å². The molecular formula is C33H30F2N4O3S2. The molecule has 1 saturated carbocycles. The molecule has 2 aliphatic rings. The van der Waals surface area contributed by atoms with Crippen molar-refractivity contribution in [3.8, 4) is 27.5 Å². The van der Waals surface area contributed by atoms with Gasteiger partial charge in [-0.25, -0.2) is 18.4 Å². The predicted molar refractivity (Wildman–Crippen MR) is 165 cm³/mol. The highest BCUT2D eigenvalue weighted by Gasteiger charge is 2.30. The molecule has 1 unspecified atom stereocenters. The second-order valence-electron chi connectivity index (χ2n) is 11.5. The number of nitrogens with zero attached hydrogens (tertiary/aromatic N) is 3. The highest BCUT2D eigenvalue weighted by molar-refractivity contribution is 7.89. The van der Waals surface area contributed by atoms with Crippen LogP contribution in [0.4, 0.5) is 8.78 Å². The summed E-state index contributed by atoms with van der Waals surface area (Å²) in [4.78, 5) is 4.36. The van der Waals surface area contributed by atoms with Gasteiger partial charge in [0.2, 0.25) is 10.0 Å². The summed E-state index contributed by atoms with van der Waals surface area (Å²) in [7, 11) is 0. The lowest BCUT2D eigenvalue weighted by Gasteiger charge is -2.11. The average molecular weight is 633 g/mol. The van der Waals surface area contributed by atoms with Gasteiger partial charge in [-0.05, 0) is 97.0 Å². The molecule has 2 aliphatic carbocycles. The maximum absolute atomic E-state index is 15.4. The van der Waals surface area contributed by atoms with Crippen LogP contribution in [0.25, 0.3) is 27.5 Å². The number of rotatable bonds is 9. The number of hydrogen-bond donors (Lipinski definition) is 3. The maximum atomic E-state index is 15.4. The first-order chi connectivity index (χ1) is 21.2. The Labute approximate surface area is 260 Å². The molecule has 44 heavy (non-hydrogen) atoms. The normalized spacial score (nSPS) is 15.2. The van der Waals surface area contributed by atoms with Gasteiger partial charge in [0.1, 0.15) is 11.5 Å². The van der Waals surface area contributed by atoms with Crippen LogP contribution < -0.4 is 5.14 Å². The van der Waals surface area contributed by atoms with E-state index in [1.54, 1.807) is 22.2 Å². The minimum atomic E-state index is -1.95. The van der Waals surface area contributed by atoms with Crippen LogP contribution in [0.5, 0.6) is 0 Å². The van der Waals surface area contributed by atoms with Crippen molar-refractivity contribution < 1.29 is 23.5 Å². The zero-order chi connectivity index (χ0) is 30.5. The van der Waals surface area contributed by atoms with E-state index >= 15 is 4.39 Å². The van der Waals surface area contributed by atoms with Crippen LogP contribution in [-0.2, 0) is 37.0 Å². The molecule has 1 fully saturated rings. The molecule has 4 N–H and O–H groups in total. The molecule has 7 nitrogen and oxygen atoms in total. The summed E-state index contributed by atoms with van der Waals surface area (Å²) in [6, 6.07) is 15.6. The molecule has 5 aromatic rings. The number of hydrogen-bond acceptors (Lipinski definition) is 7. The number of aliphatic hydroxyl groups excluding tert-OH is 1. The molecular weight excluding hydrogens is 603 g/mol. The van der Waals surface area contributed by atoms with Gasteiger partial charge in [-0.3, -0.25) is 0 Å². The van der Waals surface area contributed by atoms with Crippen LogP contribution in [-0.4, -0.2) is 29.5 Å². The Morgan fingerprint density at radius 1 is 1.00 bits per heavy atom. The van der Waals surface area contributed by atoms with E-state index in [0.29, 0.717) is 46.3 Å². The van der Waals surface area contributed by atoms with Gasteiger partial charge in [-0.2, -0.15) is 5.10 Å². The van der Waals surface area contributed by atoms with Gasteiger partial charge in [0.15, 0.2) is 12.1 Å². The fraction of sp³-hybridized carbons (Fsp3) is 0.273. The Balaban J connectivity index is 1.39. The summed E-state index contributed by atoms with van der Waals surface area (Å²) in [6.45, 7) is 0. The van der Waals surface area contributed by atoms with E-state index in [9.17, 15) is 19.2 Å². The summed E-state index contributed by atoms with van der Waals surface area (Å²) in [6.07, 6.45) is 4.55. The van der Waals surface area contributed by atoms with Crippen LogP contribution in [0.15, 0.2) is 64.9 Å². The lowest BCUT2D eigenvalue weighted by atomic mass is 9.94. The topological polar surface area (TPSA) is 120 Å². The fourth-order valence-electron chi connectivity index (χ4n) is 6.01. The summed E-state index contributed by atoms with van der Waals surface area (Å²) >= 11 is -0.715. The van der Waals surface area contributed by atoms with Crippen molar-refractivity contribution in [3.63, 3.8) is 0 Å². The zero-order valence-electron chi connectivity index (χ0n) is 23.7. The van der Waals surface area contributed by atoms with E-state index in [1.165, 1.54) is 40.7 Å². The number of thiazole rings is 1. The minimum Gasteiger partial charge on any atom is -0.593 e. The van der Waals surface area contributed by atoms with E-state index in [-0.39, 0.29) is 16.4 Å². The van der Waals surface area contributed by atoms with Gasteiger partial charge in [-0.1, -0.05) is 24.3 Å². The first-order valence-corrected chi connectivity index (χ1v) is 16.6. The van der Waals surface area contributed by atoms with Crippen LogP contribution >= 0.6 is 11.3 Å². The summed E-state index contributed by atoms with van der Waals surface area (Å²) in [5.41, 5.74) is 7.62. The third-order valence-electron chi connectivity index (χ3n) is 8.47. The molecule has 226 valence electrons. The van der Waals surface area contributed by atoms with E-state index in [2.05, 4.69) is 17.1 Å². The van der Waals surface area contributed by atoms with Crippen LogP contribution in [0.2, 0.25) is 0 Å². The molecule has 7 rings (SSSR count). The van der Waals surface area contributed by atoms with Crippen LogP contribution in [0.3, 0.4) is 0 Å². The molecule has 0 amide bonds. The van der Waals surface area contributed by atoms with Crippen molar-refractivity contribution in [1.82, 2.24) is 14.8 Å². The highest BCUT2D eigenvalue weighted by atomic mass is 32.2. The lowest BCUT2D eigenvalue weighted by molar-refractivity contribution is -0.0454. The number of halogens is 2. The quantitative estimate of drug-likeness (QED) is 0.137. The monoisotopic (exact) mass is 632 g/mol. The number of nitrogens with two attached hydrogens (primary N) is 1. The number of aliphatic hydroxyl groups is 2. The first kappa shape index (κ1) is 29.3. The molecule has 2 heterocycles. The van der Waals surface area contributed by atoms with Gasteiger partial charge in [-0.15, -0.1) is 16.5 Å². The van der Waals surface area contributed by atoms with E-state index in [0.717, 1.165) is 48.9 Å². The van der Waals surface area contributed by atoms with E-state index < -0.39 is 23.5 Å². The molecule has 2 aromatic heterocycles. The van der Waals surface area contributed by atoms with Crippen molar-refractivity contribution in [2.24, 2.45) is 11.1 Å². The fourth-order valence-corrected chi connectivity index (χ4v) is 7.28. The van der Waals surface area contributed by atoms with Gasteiger partial charge >= 0.3 is 0 Å². The first-order valence-electron chi connectivity index (χ1n) is 14.5. The van der Waals surface area contributed by atoms with Gasteiger partial charge in [0.05, 0.1) is 22.7 Å². The Morgan fingerprint density at radius 2 is 1.80 bits per heavy atom. The predicted octanol–water partition coefficient (Wildman–Crippen LogP) is 5.94. The summed E-state index contributed by atoms with van der Waals surface area (Å²) in [5, 5.41) is 31.9. The Bertz CT molecular complexity index is 1870. The van der Waals surface area contributed by atoms with E-state index in [1.807, 2.05) is 12.1 Å². The van der Waals surface area contributed by atoms with Gasteiger partial charge in [0.25, 0.3) is 0 Å². The highest BCUT2D eigenvalue weighted by Crippen LogP contribution is 2.40.